The van der Waals surface area contributed by atoms with E-state index in [9.17, 15) is 4.79 Å². The van der Waals surface area contributed by atoms with Crippen LogP contribution in [0.2, 0.25) is 0 Å². The van der Waals surface area contributed by atoms with Crippen LogP contribution in [0, 0.1) is 0 Å². The first-order chi connectivity index (χ1) is 7.77. The summed E-state index contributed by atoms with van der Waals surface area (Å²) in [7, 11) is 0. The summed E-state index contributed by atoms with van der Waals surface area (Å²) in [6.45, 7) is 2.86. The SMILES string of the molecule is CCCCCCOc1ccc(Br)cc1C=O. The number of hydrogen-bond acceptors (Lipinski definition) is 2. The van der Waals surface area contributed by atoms with Crippen LogP contribution in [0.25, 0.3) is 0 Å². The number of ether oxygens (including phenoxy) is 1. The van der Waals surface area contributed by atoms with Gasteiger partial charge in [0.05, 0.1) is 12.2 Å². The van der Waals surface area contributed by atoms with Gasteiger partial charge in [-0.2, -0.15) is 0 Å². The maximum absolute atomic E-state index is 10.8. The summed E-state index contributed by atoms with van der Waals surface area (Å²) >= 11 is 3.33. The number of hydrogen-bond donors (Lipinski definition) is 0. The van der Waals surface area contributed by atoms with Gasteiger partial charge in [0.2, 0.25) is 0 Å². The Kier molecular flexibility index (Phi) is 6.16. The number of rotatable bonds is 7. The van der Waals surface area contributed by atoms with Crippen LogP contribution in [0.4, 0.5) is 0 Å². The lowest BCUT2D eigenvalue weighted by Crippen LogP contribution is -1.99. The van der Waals surface area contributed by atoms with E-state index in [1.165, 1.54) is 19.3 Å². The lowest BCUT2D eigenvalue weighted by molar-refractivity contribution is 0.111. The molecule has 0 atom stereocenters. The van der Waals surface area contributed by atoms with Gasteiger partial charge in [-0.25, -0.2) is 0 Å². The first-order valence-corrected chi connectivity index (χ1v) is 6.44. The predicted molar refractivity (Wildman–Crippen MR) is 69.2 cm³/mol. The Balaban J connectivity index is 2.44. The van der Waals surface area contributed by atoms with Crippen molar-refractivity contribution < 1.29 is 9.53 Å². The molecule has 0 aliphatic heterocycles. The maximum Gasteiger partial charge on any atom is 0.153 e. The number of carbonyl (C=O) groups excluding carboxylic acids is 1. The number of benzene rings is 1. The molecule has 88 valence electrons. The molecule has 0 unspecified atom stereocenters. The van der Waals surface area contributed by atoms with Crippen molar-refractivity contribution >= 4 is 22.2 Å². The molecule has 0 aromatic heterocycles. The molecule has 0 radical (unpaired) electrons. The smallest absolute Gasteiger partial charge is 0.153 e. The first kappa shape index (κ1) is 13.2. The number of halogens is 1. The zero-order chi connectivity index (χ0) is 11.8. The lowest BCUT2D eigenvalue weighted by Gasteiger charge is -2.08. The lowest BCUT2D eigenvalue weighted by atomic mass is 10.2. The average molecular weight is 285 g/mol. The topological polar surface area (TPSA) is 26.3 Å². The van der Waals surface area contributed by atoms with Gasteiger partial charge in [-0.15, -0.1) is 0 Å². The van der Waals surface area contributed by atoms with Crippen molar-refractivity contribution in [2.75, 3.05) is 6.61 Å². The Morgan fingerprint density at radius 3 is 2.81 bits per heavy atom. The molecule has 0 N–H and O–H groups in total. The Hall–Kier alpha value is -0.830. The third-order valence-corrected chi connectivity index (χ3v) is 2.85. The molecule has 0 saturated heterocycles. The summed E-state index contributed by atoms with van der Waals surface area (Å²) < 4.78 is 6.47. The van der Waals surface area contributed by atoms with E-state index < -0.39 is 0 Å². The van der Waals surface area contributed by atoms with E-state index in [1.807, 2.05) is 12.1 Å². The highest BCUT2D eigenvalue weighted by atomic mass is 79.9. The van der Waals surface area contributed by atoms with Gasteiger partial charge in [0, 0.05) is 4.47 Å². The second-order valence-electron chi connectivity index (χ2n) is 3.71. The third kappa shape index (κ3) is 4.35. The van der Waals surface area contributed by atoms with E-state index in [1.54, 1.807) is 6.07 Å². The minimum Gasteiger partial charge on any atom is -0.493 e. The molecule has 0 amide bonds. The maximum atomic E-state index is 10.8. The fourth-order valence-corrected chi connectivity index (χ4v) is 1.83. The summed E-state index contributed by atoms with van der Waals surface area (Å²) in [6, 6.07) is 5.48. The molecule has 1 aromatic carbocycles. The molecule has 0 fully saturated rings. The second-order valence-corrected chi connectivity index (χ2v) is 4.62. The normalized spacial score (nSPS) is 10.1. The van der Waals surface area contributed by atoms with Crippen LogP contribution in [0.5, 0.6) is 5.75 Å². The summed E-state index contributed by atoms with van der Waals surface area (Å²) in [4.78, 5) is 10.8. The van der Waals surface area contributed by atoms with Crippen molar-refractivity contribution in [3.63, 3.8) is 0 Å². The van der Waals surface area contributed by atoms with Gasteiger partial charge in [-0.05, 0) is 24.6 Å². The van der Waals surface area contributed by atoms with Crippen molar-refractivity contribution in [1.29, 1.82) is 0 Å². The van der Waals surface area contributed by atoms with Crippen LogP contribution in [0.15, 0.2) is 22.7 Å². The molecule has 0 bridgehead atoms. The van der Waals surface area contributed by atoms with Crippen molar-refractivity contribution in [3.05, 3.63) is 28.2 Å². The molecular weight excluding hydrogens is 268 g/mol. The van der Waals surface area contributed by atoms with E-state index >= 15 is 0 Å². The van der Waals surface area contributed by atoms with Crippen molar-refractivity contribution in [1.82, 2.24) is 0 Å². The Bertz CT molecular complexity index is 337. The second kappa shape index (κ2) is 7.44. The Morgan fingerprint density at radius 1 is 1.31 bits per heavy atom. The van der Waals surface area contributed by atoms with Gasteiger partial charge < -0.3 is 4.74 Å². The third-order valence-electron chi connectivity index (χ3n) is 2.35. The molecule has 0 spiro atoms. The van der Waals surface area contributed by atoms with E-state index in [2.05, 4.69) is 22.9 Å². The average Bonchev–Trinajstić information content (AvgIpc) is 2.30. The van der Waals surface area contributed by atoms with E-state index in [0.29, 0.717) is 17.9 Å². The number of carbonyl (C=O) groups is 1. The molecule has 2 nitrogen and oxygen atoms in total. The van der Waals surface area contributed by atoms with Crippen LogP contribution in [0.3, 0.4) is 0 Å². The zero-order valence-corrected chi connectivity index (χ0v) is 11.1. The molecule has 1 aromatic rings. The molecule has 0 aliphatic rings. The molecule has 0 heterocycles. The zero-order valence-electron chi connectivity index (χ0n) is 9.54. The summed E-state index contributed by atoms with van der Waals surface area (Å²) in [6.07, 6.45) is 5.51. The quantitative estimate of drug-likeness (QED) is 0.554. The van der Waals surface area contributed by atoms with E-state index in [4.69, 9.17) is 4.74 Å². The summed E-state index contributed by atoms with van der Waals surface area (Å²) in [5, 5.41) is 0. The van der Waals surface area contributed by atoms with Gasteiger partial charge in [0.25, 0.3) is 0 Å². The van der Waals surface area contributed by atoms with Crippen LogP contribution in [-0.2, 0) is 0 Å². The van der Waals surface area contributed by atoms with Crippen molar-refractivity contribution in [3.8, 4) is 5.75 Å². The minimum absolute atomic E-state index is 0.602. The van der Waals surface area contributed by atoms with Crippen LogP contribution in [0.1, 0.15) is 43.0 Å². The highest BCUT2D eigenvalue weighted by Crippen LogP contribution is 2.21. The molecule has 1 rings (SSSR count). The molecule has 3 heteroatoms. The van der Waals surface area contributed by atoms with Crippen LogP contribution in [-0.4, -0.2) is 12.9 Å². The van der Waals surface area contributed by atoms with Gasteiger partial charge in [-0.1, -0.05) is 42.1 Å². The Labute approximate surface area is 105 Å². The first-order valence-electron chi connectivity index (χ1n) is 5.65. The predicted octanol–water partition coefficient (Wildman–Crippen LogP) is 4.22. The monoisotopic (exact) mass is 284 g/mol. The highest BCUT2D eigenvalue weighted by molar-refractivity contribution is 9.10. The number of aldehydes is 1. The molecular formula is C13H17BrO2. The fraction of sp³-hybridized carbons (Fsp3) is 0.462. The number of unbranched alkanes of at least 4 members (excludes halogenated alkanes) is 3. The standard InChI is InChI=1S/C13H17BrO2/c1-2-3-4-5-8-16-13-7-6-12(14)9-11(13)10-15/h6-7,9-10H,2-5,8H2,1H3. The largest absolute Gasteiger partial charge is 0.493 e. The minimum atomic E-state index is 0.602. The van der Waals surface area contributed by atoms with Crippen molar-refractivity contribution in [2.24, 2.45) is 0 Å². The molecule has 16 heavy (non-hydrogen) atoms. The van der Waals surface area contributed by atoms with E-state index in [0.717, 1.165) is 17.2 Å². The molecule has 0 aliphatic carbocycles. The summed E-state index contributed by atoms with van der Waals surface area (Å²) in [5.41, 5.74) is 0.602. The van der Waals surface area contributed by atoms with Crippen LogP contribution >= 0.6 is 15.9 Å². The molecule has 0 saturated carbocycles. The highest BCUT2D eigenvalue weighted by Gasteiger charge is 2.03. The summed E-state index contributed by atoms with van der Waals surface area (Å²) in [5.74, 6) is 0.676. The van der Waals surface area contributed by atoms with Gasteiger partial charge >= 0.3 is 0 Å². The fourth-order valence-electron chi connectivity index (χ4n) is 1.45. The Morgan fingerprint density at radius 2 is 2.12 bits per heavy atom. The van der Waals surface area contributed by atoms with E-state index in [-0.39, 0.29) is 0 Å². The van der Waals surface area contributed by atoms with Crippen molar-refractivity contribution in [2.45, 2.75) is 32.6 Å². The van der Waals surface area contributed by atoms with Gasteiger partial charge in [-0.3, -0.25) is 4.79 Å². The van der Waals surface area contributed by atoms with Crippen LogP contribution < -0.4 is 4.74 Å². The van der Waals surface area contributed by atoms with Gasteiger partial charge in [0.1, 0.15) is 5.75 Å². The van der Waals surface area contributed by atoms with Gasteiger partial charge in [0.15, 0.2) is 6.29 Å².